The maximum Gasteiger partial charge on any atom is 0.300 e. The maximum atomic E-state index is 10.3. The summed E-state index contributed by atoms with van der Waals surface area (Å²) in [6.07, 6.45) is 4.59. The van der Waals surface area contributed by atoms with Gasteiger partial charge < -0.3 is 0 Å². The fourth-order valence-electron chi connectivity index (χ4n) is 0.683. The number of nitrogens with zero attached hydrogens (tertiary/aromatic N) is 2. The van der Waals surface area contributed by atoms with E-state index in [0.717, 1.165) is 0 Å². The molecule has 58 valence electrons. The quantitative estimate of drug-likeness (QED) is 0.385. The zero-order valence-electron chi connectivity index (χ0n) is 5.85. The van der Waals surface area contributed by atoms with E-state index in [1.54, 1.807) is 18.5 Å². The molecule has 0 bridgehead atoms. The lowest BCUT2D eigenvalue weighted by Gasteiger charge is -1.95. The molecule has 0 N–H and O–H groups in total. The molecule has 5 heteroatoms. The van der Waals surface area contributed by atoms with Gasteiger partial charge in [-0.25, -0.2) is 0 Å². The van der Waals surface area contributed by atoms with Crippen molar-refractivity contribution >= 4 is 17.4 Å². The van der Waals surface area contributed by atoms with Crippen LogP contribution >= 0.6 is 11.8 Å². The van der Waals surface area contributed by atoms with Crippen LogP contribution in [0.15, 0.2) is 23.4 Å². The summed E-state index contributed by atoms with van der Waals surface area (Å²) in [7, 11) is 0. The Morgan fingerprint density at radius 1 is 1.73 bits per heavy atom. The van der Waals surface area contributed by atoms with E-state index in [4.69, 9.17) is 0 Å². The molecule has 0 aliphatic carbocycles. The highest BCUT2D eigenvalue weighted by atomic mass is 32.2. The molecule has 1 heterocycles. The molecule has 11 heavy (non-hydrogen) atoms. The van der Waals surface area contributed by atoms with Crippen molar-refractivity contribution in [3.63, 3.8) is 0 Å². The summed E-state index contributed by atoms with van der Waals surface area (Å²) in [5, 5.41) is 10.3. The molecule has 1 aromatic rings. The summed E-state index contributed by atoms with van der Waals surface area (Å²) >= 11 is 1.34. The normalized spacial score (nSPS) is 9.55. The summed E-state index contributed by atoms with van der Waals surface area (Å²) in [6, 6.07) is 1.63. The van der Waals surface area contributed by atoms with E-state index in [1.807, 2.05) is 0 Å². The molecule has 0 aliphatic heterocycles. The predicted molar refractivity (Wildman–Crippen MR) is 42.7 cm³/mol. The van der Waals surface area contributed by atoms with E-state index in [2.05, 4.69) is 4.98 Å². The molecular weight excluding hydrogens is 164 g/mol. The molecule has 0 aromatic carbocycles. The van der Waals surface area contributed by atoms with Gasteiger partial charge in [0, 0.05) is 6.20 Å². The Morgan fingerprint density at radius 2 is 2.45 bits per heavy atom. The van der Waals surface area contributed by atoms with Crippen molar-refractivity contribution in [2.24, 2.45) is 0 Å². The first-order valence-corrected chi connectivity index (χ1v) is 4.10. The molecule has 0 fully saturated rings. The van der Waals surface area contributed by atoms with E-state index in [9.17, 15) is 10.1 Å². The summed E-state index contributed by atoms with van der Waals surface area (Å²) in [6.45, 7) is 0. The lowest BCUT2D eigenvalue weighted by Crippen LogP contribution is -1.90. The molecule has 0 unspecified atom stereocenters. The monoisotopic (exact) mass is 170 g/mol. The Morgan fingerprint density at radius 3 is 2.91 bits per heavy atom. The van der Waals surface area contributed by atoms with E-state index < -0.39 is 4.92 Å². The van der Waals surface area contributed by atoms with E-state index in [0.29, 0.717) is 4.90 Å². The van der Waals surface area contributed by atoms with Gasteiger partial charge in [-0.3, -0.25) is 15.1 Å². The highest BCUT2D eigenvalue weighted by Crippen LogP contribution is 2.24. The van der Waals surface area contributed by atoms with Crippen LogP contribution in [0.3, 0.4) is 0 Å². The van der Waals surface area contributed by atoms with E-state index in [-0.39, 0.29) is 5.69 Å². The minimum Gasteiger partial charge on any atom is -0.258 e. The second kappa shape index (κ2) is 3.34. The number of hydrogen-bond donors (Lipinski definition) is 0. The van der Waals surface area contributed by atoms with Crippen LogP contribution in [0, 0.1) is 10.1 Å². The maximum absolute atomic E-state index is 10.3. The van der Waals surface area contributed by atoms with Crippen molar-refractivity contribution in [3.05, 3.63) is 28.6 Å². The van der Waals surface area contributed by atoms with Crippen LogP contribution in [0.5, 0.6) is 0 Å². The summed E-state index contributed by atoms with van der Waals surface area (Å²) in [5.74, 6) is 0. The van der Waals surface area contributed by atoms with Gasteiger partial charge in [-0.05, 0) is 12.3 Å². The second-order valence-electron chi connectivity index (χ2n) is 1.80. The van der Waals surface area contributed by atoms with Crippen LogP contribution in [-0.4, -0.2) is 16.2 Å². The number of nitro groups is 1. The van der Waals surface area contributed by atoms with Crippen LogP contribution in [0.4, 0.5) is 5.69 Å². The standard InChI is InChI=1S/C6H6N2O2S/c1-11-6-2-3-7-4-5(6)8(9)10/h2-4H,1H3. The first kappa shape index (κ1) is 8.00. The fourth-order valence-corrected chi connectivity index (χ4v) is 1.22. The SMILES string of the molecule is CSc1ccncc1[N+](=O)[O-]. The van der Waals surface area contributed by atoms with Gasteiger partial charge in [0.05, 0.1) is 9.82 Å². The van der Waals surface area contributed by atoms with Gasteiger partial charge in [-0.2, -0.15) is 0 Å². The number of thioether (sulfide) groups is 1. The van der Waals surface area contributed by atoms with Gasteiger partial charge in [-0.15, -0.1) is 11.8 Å². The molecule has 0 saturated carbocycles. The van der Waals surface area contributed by atoms with Crippen molar-refractivity contribution in [3.8, 4) is 0 Å². The van der Waals surface area contributed by atoms with Crippen molar-refractivity contribution in [2.45, 2.75) is 4.90 Å². The van der Waals surface area contributed by atoms with Gasteiger partial charge in [0.2, 0.25) is 0 Å². The van der Waals surface area contributed by atoms with Crippen LogP contribution < -0.4 is 0 Å². The molecule has 1 rings (SSSR count). The Kier molecular flexibility index (Phi) is 2.43. The highest BCUT2D eigenvalue weighted by molar-refractivity contribution is 7.98. The highest BCUT2D eigenvalue weighted by Gasteiger charge is 2.10. The first-order valence-electron chi connectivity index (χ1n) is 2.88. The minimum absolute atomic E-state index is 0.0694. The molecule has 0 aliphatic rings. The molecule has 0 atom stereocenters. The Bertz CT molecular complexity index is 277. The third kappa shape index (κ3) is 1.68. The Balaban J connectivity index is 3.12. The average Bonchev–Trinajstić information content (AvgIpc) is 2.04. The molecule has 4 nitrogen and oxygen atoms in total. The van der Waals surface area contributed by atoms with Crippen LogP contribution in [0.1, 0.15) is 0 Å². The van der Waals surface area contributed by atoms with Crippen LogP contribution in [0.25, 0.3) is 0 Å². The van der Waals surface area contributed by atoms with Crippen molar-refractivity contribution < 1.29 is 4.92 Å². The lowest BCUT2D eigenvalue weighted by molar-refractivity contribution is -0.388. The largest absolute Gasteiger partial charge is 0.300 e. The van der Waals surface area contributed by atoms with Gasteiger partial charge >= 0.3 is 5.69 Å². The van der Waals surface area contributed by atoms with Crippen molar-refractivity contribution in [2.75, 3.05) is 6.26 Å². The van der Waals surface area contributed by atoms with Gasteiger partial charge in [0.25, 0.3) is 0 Å². The fraction of sp³-hybridized carbons (Fsp3) is 0.167. The first-order chi connectivity index (χ1) is 5.25. The minimum atomic E-state index is -0.432. The molecule has 0 amide bonds. The zero-order valence-corrected chi connectivity index (χ0v) is 6.67. The van der Waals surface area contributed by atoms with Crippen molar-refractivity contribution in [1.82, 2.24) is 4.98 Å². The predicted octanol–water partition coefficient (Wildman–Crippen LogP) is 1.71. The van der Waals surface area contributed by atoms with Crippen LogP contribution in [0.2, 0.25) is 0 Å². The smallest absolute Gasteiger partial charge is 0.258 e. The molecular formula is C6H6N2O2S. The number of pyridine rings is 1. The average molecular weight is 170 g/mol. The zero-order chi connectivity index (χ0) is 8.27. The Labute approximate surface area is 67.8 Å². The summed E-state index contributed by atoms with van der Waals surface area (Å²) in [5.41, 5.74) is 0.0694. The lowest BCUT2D eigenvalue weighted by atomic mass is 10.4. The molecule has 0 spiro atoms. The van der Waals surface area contributed by atoms with Gasteiger partial charge in [0.15, 0.2) is 0 Å². The molecule has 1 aromatic heterocycles. The van der Waals surface area contributed by atoms with E-state index >= 15 is 0 Å². The third-order valence-electron chi connectivity index (χ3n) is 1.18. The summed E-state index contributed by atoms with van der Waals surface area (Å²) < 4.78 is 0. The summed E-state index contributed by atoms with van der Waals surface area (Å²) in [4.78, 5) is 14.2. The van der Waals surface area contributed by atoms with E-state index in [1.165, 1.54) is 18.0 Å². The topological polar surface area (TPSA) is 56.0 Å². The number of rotatable bonds is 2. The van der Waals surface area contributed by atoms with Gasteiger partial charge in [0.1, 0.15) is 6.20 Å². The molecule has 0 saturated heterocycles. The van der Waals surface area contributed by atoms with Gasteiger partial charge in [-0.1, -0.05) is 0 Å². The second-order valence-corrected chi connectivity index (χ2v) is 2.65. The number of aromatic nitrogens is 1. The number of hydrogen-bond acceptors (Lipinski definition) is 4. The van der Waals surface area contributed by atoms with Crippen molar-refractivity contribution in [1.29, 1.82) is 0 Å². The molecule has 0 radical (unpaired) electrons. The third-order valence-corrected chi connectivity index (χ3v) is 1.96. The Hall–Kier alpha value is -1.10. The van der Waals surface area contributed by atoms with Crippen LogP contribution in [-0.2, 0) is 0 Å².